The number of hydrogen-bond donors (Lipinski definition) is 1. The van der Waals surface area contributed by atoms with Gasteiger partial charge in [0.05, 0.1) is 16.7 Å². The van der Waals surface area contributed by atoms with Gasteiger partial charge in [0.15, 0.2) is 5.52 Å². The average Bonchev–Trinajstić information content (AvgIpc) is 3.44. The van der Waals surface area contributed by atoms with Crippen LogP contribution < -0.4 is 5.56 Å². The second kappa shape index (κ2) is 8.37. The van der Waals surface area contributed by atoms with Crippen LogP contribution in [0.15, 0.2) is 40.2 Å². The van der Waals surface area contributed by atoms with Gasteiger partial charge in [0.25, 0.3) is 5.56 Å². The van der Waals surface area contributed by atoms with E-state index in [0.717, 1.165) is 18.7 Å². The minimum atomic E-state index is -3.86. The minimum absolute atomic E-state index is 0.00586. The molecule has 5 rings (SSSR count). The van der Waals surface area contributed by atoms with Gasteiger partial charge in [-0.1, -0.05) is 19.1 Å². The van der Waals surface area contributed by atoms with Gasteiger partial charge in [-0.2, -0.15) is 14.7 Å². The van der Waals surface area contributed by atoms with Crippen molar-refractivity contribution in [2.24, 2.45) is 5.92 Å². The van der Waals surface area contributed by atoms with E-state index < -0.39 is 10.0 Å². The lowest BCUT2D eigenvalue weighted by Crippen LogP contribution is -2.30. The molecule has 0 spiro atoms. The summed E-state index contributed by atoms with van der Waals surface area (Å²) in [6, 6.07) is 8.14. The summed E-state index contributed by atoms with van der Waals surface area (Å²) in [5.41, 5.74) is 0.188. The average molecular weight is 469 g/mol. The first-order valence-corrected chi connectivity index (χ1v) is 12.4. The number of fused-ring (bicyclic) bond motifs is 1. The van der Waals surface area contributed by atoms with Crippen molar-refractivity contribution >= 4 is 15.5 Å². The van der Waals surface area contributed by atoms with E-state index in [1.54, 1.807) is 16.6 Å². The maximum Gasteiger partial charge on any atom is 0.276 e. The van der Waals surface area contributed by atoms with E-state index in [2.05, 4.69) is 9.97 Å². The number of hydrogen-bond acceptors (Lipinski definition) is 7. The third-order valence-corrected chi connectivity index (χ3v) is 8.48. The molecule has 4 heterocycles. The normalized spacial score (nSPS) is 22.5. The van der Waals surface area contributed by atoms with Crippen LogP contribution in [0.25, 0.3) is 5.52 Å². The molecule has 2 aliphatic heterocycles. The van der Waals surface area contributed by atoms with E-state index in [9.17, 15) is 18.5 Å². The van der Waals surface area contributed by atoms with Gasteiger partial charge in [-0.05, 0) is 30.9 Å². The van der Waals surface area contributed by atoms with Crippen LogP contribution in [0.3, 0.4) is 0 Å². The quantitative estimate of drug-likeness (QED) is 0.615. The Bertz CT molecular complexity index is 1400. The molecule has 1 aromatic carbocycles. The Morgan fingerprint density at radius 3 is 2.73 bits per heavy atom. The first-order chi connectivity index (χ1) is 15.9. The summed E-state index contributed by atoms with van der Waals surface area (Å²) in [5.74, 6) is 0.959. The molecule has 1 N–H and O–H groups in total. The summed E-state index contributed by atoms with van der Waals surface area (Å²) in [5, 5.41) is 14.1. The molecule has 2 aromatic heterocycles. The lowest BCUT2D eigenvalue weighted by atomic mass is 9.97. The van der Waals surface area contributed by atoms with Crippen molar-refractivity contribution in [3.05, 3.63) is 58.0 Å². The molecule has 0 radical (unpaired) electrons. The SMILES string of the molecule is CC1CN(S(=O)(=O)c2ccccc2C#N)CC1c1nn2c(C3CCOCC3)ncc2c(=O)[nH]1. The third-order valence-electron chi connectivity index (χ3n) is 6.59. The number of nitrogens with one attached hydrogen (secondary N) is 1. The number of sulfonamides is 1. The first-order valence-electron chi connectivity index (χ1n) is 10.9. The van der Waals surface area contributed by atoms with E-state index >= 15 is 0 Å². The fourth-order valence-electron chi connectivity index (χ4n) is 4.73. The van der Waals surface area contributed by atoms with Crippen molar-refractivity contribution in [1.29, 1.82) is 5.26 Å². The molecular formula is C22H24N6O4S. The molecular weight excluding hydrogens is 444 g/mol. The standard InChI is InChI=1S/C22H24N6O4S/c1-14-12-27(33(30,31)19-5-3-2-4-16(19)10-23)13-17(14)20-25-22(29)18-11-24-21(28(18)26-20)15-6-8-32-9-7-15/h2-5,11,14-15,17H,6-9,12-13H2,1H3,(H,25,26,29). The van der Waals surface area contributed by atoms with E-state index in [1.165, 1.54) is 22.6 Å². The van der Waals surface area contributed by atoms with Crippen LogP contribution in [0.5, 0.6) is 0 Å². The summed E-state index contributed by atoms with van der Waals surface area (Å²) in [6.07, 6.45) is 3.16. The summed E-state index contributed by atoms with van der Waals surface area (Å²) < 4.78 is 35.0. The molecule has 33 heavy (non-hydrogen) atoms. The summed E-state index contributed by atoms with van der Waals surface area (Å²) in [6.45, 7) is 3.66. The number of nitrogens with zero attached hydrogens (tertiary/aromatic N) is 5. The van der Waals surface area contributed by atoms with Crippen LogP contribution >= 0.6 is 0 Å². The molecule has 2 unspecified atom stereocenters. The van der Waals surface area contributed by atoms with Crippen molar-refractivity contribution in [2.45, 2.75) is 36.5 Å². The lowest BCUT2D eigenvalue weighted by Gasteiger charge is -2.21. The van der Waals surface area contributed by atoms with E-state index in [0.29, 0.717) is 24.6 Å². The van der Waals surface area contributed by atoms with Crippen LogP contribution in [0, 0.1) is 17.2 Å². The summed E-state index contributed by atoms with van der Waals surface area (Å²) in [7, 11) is -3.86. The van der Waals surface area contributed by atoms with E-state index in [1.807, 2.05) is 13.0 Å². The first kappa shape index (κ1) is 21.8. The molecule has 11 heteroatoms. The summed E-state index contributed by atoms with van der Waals surface area (Å²) >= 11 is 0. The third kappa shape index (κ3) is 3.74. The predicted octanol–water partition coefficient (Wildman–Crippen LogP) is 1.61. The van der Waals surface area contributed by atoms with Crippen LogP contribution in [-0.2, 0) is 14.8 Å². The van der Waals surface area contributed by atoms with E-state index in [-0.39, 0.29) is 46.9 Å². The van der Waals surface area contributed by atoms with Crippen molar-refractivity contribution in [3.63, 3.8) is 0 Å². The lowest BCUT2D eigenvalue weighted by molar-refractivity contribution is 0.0832. The highest BCUT2D eigenvalue weighted by molar-refractivity contribution is 7.89. The van der Waals surface area contributed by atoms with Crippen LogP contribution in [0.4, 0.5) is 0 Å². The maximum atomic E-state index is 13.3. The van der Waals surface area contributed by atoms with E-state index in [4.69, 9.17) is 9.84 Å². The number of nitriles is 1. The number of benzene rings is 1. The van der Waals surface area contributed by atoms with Gasteiger partial charge in [-0.3, -0.25) is 4.79 Å². The van der Waals surface area contributed by atoms with Crippen molar-refractivity contribution in [2.75, 3.05) is 26.3 Å². The molecule has 172 valence electrons. The van der Waals surface area contributed by atoms with Crippen molar-refractivity contribution in [1.82, 2.24) is 23.9 Å². The minimum Gasteiger partial charge on any atom is -0.381 e. The number of ether oxygens (including phenoxy) is 1. The molecule has 0 bridgehead atoms. The Hall–Kier alpha value is -3.07. The number of imidazole rings is 1. The van der Waals surface area contributed by atoms with Gasteiger partial charge in [0.1, 0.15) is 17.7 Å². The van der Waals surface area contributed by atoms with Crippen LogP contribution in [-0.4, -0.2) is 58.6 Å². The Balaban J connectivity index is 1.49. The van der Waals surface area contributed by atoms with Gasteiger partial charge in [0.2, 0.25) is 10.0 Å². The molecule has 2 fully saturated rings. The van der Waals surface area contributed by atoms with Gasteiger partial charge in [0, 0.05) is 38.1 Å². The monoisotopic (exact) mass is 468 g/mol. The molecule has 0 amide bonds. The highest BCUT2D eigenvalue weighted by Gasteiger charge is 2.40. The van der Waals surface area contributed by atoms with Gasteiger partial charge >= 0.3 is 0 Å². The largest absolute Gasteiger partial charge is 0.381 e. The zero-order chi connectivity index (χ0) is 23.2. The van der Waals surface area contributed by atoms with Gasteiger partial charge in [-0.15, -0.1) is 0 Å². The fraction of sp³-hybridized carbons (Fsp3) is 0.455. The highest BCUT2D eigenvalue weighted by Crippen LogP contribution is 2.34. The predicted molar refractivity (Wildman–Crippen MR) is 118 cm³/mol. The van der Waals surface area contributed by atoms with Crippen LogP contribution in [0.2, 0.25) is 0 Å². The molecule has 0 aliphatic carbocycles. The molecule has 2 aliphatic rings. The zero-order valence-electron chi connectivity index (χ0n) is 18.1. The molecule has 3 aromatic rings. The van der Waals surface area contributed by atoms with Crippen molar-refractivity contribution < 1.29 is 13.2 Å². The Morgan fingerprint density at radius 2 is 1.97 bits per heavy atom. The second-order valence-electron chi connectivity index (χ2n) is 8.65. The molecule has 0 saturated carbocycles. The maximum absolute atomic E-state index is 13.3. The van der Waals surface area contributed by atoms with Crippen LogP contribution in [0.1, 0.15) is 48.8 Å². The fourth-order valence-corrected chi connectivity index (χ4v) is 6.44. The molecule has 2 saturated heterocycles. The number of rotatable bonds is 4. The summed E-state index contributed by atoms with van der Waals surface area (Å²) in [4.78, 5) is 20.1. The highest BCUT2D eigenvalue weighted by atomic mass is 32.2. The zero-order valence-corrected chi connectivity index (χ0v) is 19.0. The Labute approximate surface area is 190 Å². The molecule has 10 nitrogen and oxygen atoms in total. The smallest absolute Gasteiger partial charge is 0.276 e. The van der Waals surface area contributed by atoms with Crippen molar-refractivity contribution in [3.8, 4) is 6.07 Å². The number of aromatic nitrogens is 4. The number of aromatic amines is 1. The van der Waals surface area contributed by atoms with Gasteiger partial charge in [-0.25, -0.2) is 17.9 Å². The molecule has 2 atom stereocenters. The topological polar surface area (TPSA) is 133 Å². The Kier molecular flexibility index (Phi) is 5.52. The number of H-pyrrole nitrogens is 1. The second-order valence-corrected chi connectivity index (χ2v) is 10.6. The Morgan fingerprint density at radius 1 is 1.21 bits per heavy atom. The van der Waals surface area contributed by atoms with Gasteiger partial charge < -0.3 is 9.72 Å².